The first-order valence-electron chi connectivity index (χ1n) is 10.4. The molecule has 3 rings (SSSR count). The Morgan fingerprint density at radius 1 is 1.13 bits per heavy atom. The van der Waals surface area contributed by atoms with E-state index in [0.717, 1.165) is 37.6 Å². The highest BCUT2D eigenvalue weighted by Gasteiger charge is 2.28. The van der Waals surface area contributed by atoms with E-state index < -0.39 is 23.5 Å². The number of rotatable bonds is 8. The van der Waals surface area contributed by atoms with E-state index in [4.69, 9.17) is 17.3 Å². The number of hydrogen-bond acceptors (Lipinski definition) is 3. The van der Waals surface area contributed by atoms with Crippen LogP contribution in [0.15, 0.2) is 36.4 Å². The molecule has 4 nitrogen and oxygen atoms in total. The van der Waals surface area contributed by atoms with Crippen molar-refractivity contribution < 1.29 is 18.0 Å². The van der Waals surface area contributed by atoms with Gasteiger partial charge in [0, 0.05) is 37.1 Å². The number of halogens is 4. The zero-order chi connectivity index (χ0) is 22.5. The van der Waals surface area contributed by atoms with Crippen LogP contribution in [0, 0.1) is 17.5 Å². The van der Waals surface area contributed by atoms with Gasteiger partial charge in [-0.1, -0.05) is 29.8 Å². The molecule has 1 aliphatic heterocycles. The molecule has 2 aromatic carbocycles. The predicted octanol–water partition coefficient (Wildman–Crippen LogP) is 4.31. The Kier molecular flexibility index (Phi) is 7.97. The number of hydrogen-bond donors (Lipinski definition) is 1. The van der Waals surface area contributed by atoms with E-state index >= 15 is 0 Å². The van der Waals surface area contributed by atoms with E-state index in [1.54, 1.807) is 11.9 Å². The molecule has 0 radical (unpaired) electrons. The lowest BCUT2D eigenvalue weighted by atomic mass is 10.0. The molecule has 1 fully saturated rings. The van der Waals surface area contributed by atoms with Gasteiger partial charge in [0.1, 0.15) is 5.82 Å². The zero-order valence-corrected chi connectivity index (χ0v) is 18.2. The van der Waals surface area contributed by atoms with Gasteiger partial charge in [0.15, 0.2) is 11.6 Å². The summed E-state index contributed by atoms with van der Waals surface area (Å²) in [6.45, 7) is 2.31. The molecule has 0 bridgehead atoms. The highest BCUT2D eigenvalue weighted by atomic mass is 35.5. The molecule has 2 atom stereocenters. The lowest BCUT2D eigenvalue weighted by Gasteiger charge is -2.32. The topological polar surface area (TPSA) is 49.6 Å². The number of carbonyl (C=O) groups excluding carboxylic acids is 1. The molecule has 8 heteroatoms. The number of carbonyl (C=O) groups is 1. The van der Waals surface area contributed by atoms with E-state index in [9.17, 15) is 18.0 Å². The van der Waals surface area contributed by atoms with Crippen molar-refractivity contribution in [1.82, 2.24) is 9.80 Å². The smallest absolute Gasteiger partial charge is 0.223 e. The van der Waals surface area contributed by atoms with Crippen LogP contribution in [0.3, 0.4) is 0 Å². The average molecular weight is 454 g/mol. The summed E-state index contributed by atoms with van der Waals surface area (Å²) >= 11 is 6.43. The highest BCUT2D eigenvalue weighted by Crippen LogP contribution is 2.31. The van der Waals surface area contributed by atoms with Crippen LogP contribution in [-0.2, 0) is 11.2 Å². The van der Waals surface area contributed by atoms with Gasteiger partial charge in [0.2, 0.25) is 5.91 Å². The minimum Gasteiger partial charge on any atom is -0.344 e. The molecule has 0 saturated carbocycles. The molecule has 0 unspecified atom stereocenters. The number of benzene rings is 2. The molecule has 1 saturated heterocycles. The van der Waals surface area contributed by atoms with Gasteiger partial charge in [-0.15, -0.1) is 0 Å². The minimum atomic E-state index is -1.25. The summed E-state index contributed by atoms with van der Waals surface area (Å²) in [6, 6.07) is 8.14. The molecule has 31 heavy (non-hydrogen) atoms. The Hall–Kier alpha value is -2.09. The number of nitrogens with zero attached hydrogens (tertiary/aromatic N) is 2. The molecular weight excluding hydrogens is 427 g/mol. The fraction of sp³-hybridized carbons (Fsp3) is 0.435. The Morgan fingerprint density at radius 2 is 1.77 bits per heavy atom. The predicted molar refractivity (Wildman–Crippen MR) is 115 cm³/mol. The summed E-state index contributed by atoms with van der Waals surface area (Å²) in [5.74, 6) is -3.46. The molecule has 1 heterocycles. The van der Waals surface area contributed by atoms with Crippen LogP contribution in [0.2, 0.25) is 5.02 Å². The Bertz CT molecular complexity index is 921. The van der Waals surface area contributed by atoms with Gasteiger partial charge in [-0.2, -0.15) is 0 Å². The first-order chi connectivity index (χ1) is 14.8. The van der Waals surface area contributed by atoms with Gasteiger partial charge >= 0.3 is 0 Å². The molecule has 0 spiro atoms. The Morgan fingerprint density at radius 3 is 2.45 bits per heavy atom. The third-order valence-electron chi connectivity index (χ3n) is 5.73. The molecule has 2 N–H and O–H groups in total. The second kappa shape index (κ2) is 10.5. The largest absolute Gasteiger partial charge is 0.344 e. The van der Waals surface area contributed by atoms with Crippen molar-refractivity contribution in [3.8, 4) is 0 Å². The number of nitrogens with two attached hydrogens (primary N) is 1. The highest BCUT2D eigenvalue weighted by molar-refractivity contribution is 6.31. The number of amides is 1. The second-order valence-electron chi connectivity index (χ2n) is 8.08. The summed E-state index contributed by atoms with van der Waals surface area (Å²) < 4.78 is 40.4. The van der Waals surface area contributed by atoms with Crippen LogP contribution >= 0.6 is 11.6 Å². The summed E-state index contributed by atoms with van der Waals surface area (Å²) in [4.78, 5) is 16.7. The van der Waals surface area contributed by atoms with Crippen LogP contribution in [0.4, 0.5) is 13.2 Å². The molecule has 2 aromatic rings. The monoisotopic (exact) mass is 453 g/mol. The van der Waals surface area contributed by atoms with Crippen molar-refractivity contribution in [3.05, 3.63) is 70.0 Å². The van der Waals surface area contributed by atoms with Crippen molar-refractivity contribution in [2.45, 2.75) is 37.8 Å². The van der Waals surface area contributed by atoms with Gasteiger partial charge in [0.25, 0.3) is 0 Å². The van der Waals surface area contributed by atoms with Crippen molar-refractivity contribution in [2.24, 2.45) is 5.73 Å². The molecule has 0 aromatic heterocycles. The summed E-state index contributed by atoms with van der Waals surface area (Å²) in [7, 11) is 1.70. The minimum absolute atomic E-state index is 0.0370. The summed E-state index contributed by atoms with van der Waals surface area (Å²) in [6.07, 6.45) is 2.10. The van der Waals surface area contributed by atoms with Gasteiger partial charge in [-0.3, -0.25) is 9.69 Å². The SMILES string of the molecule is CN(C[C@H](c1ccccc1Cl)N1CCCC1)C(=O)C[C@H](N)Cc1cc(F)c(F)cc1F. The van der Waals surface area contributed by atoms with Crippen LogP contribution in [-0.4, -0.2) is 48.4 Å². The van der Waals surface area contributed by atoms with E-state index in [2.05, 4.69) is 4.90 Å². The maximum Gasteiger partial charge on any atom is 0.223 e. The third-order valence-corrected chi connectivity index (χ3v) is 6.07. The molecule has 1 amide bonds. The maximum atomic E-state index is 13.9. The van der Waals surface area contributed by atoms with E-state index in [-0.39, 0.29) is 30.4 Å². The number of likely N-dealkylation sites (tertiary alicyclic amines) is 1. The van der Waals surface area contributed by atoms with Gasteiger partial charge in [0.05, 0.1) is 6.04 Å². The van der Waals surface area contributed by atoms with Crippen molar-refractivity contribution in [1.29, 1.82) is 0 Å². The van der Waals surface area contributed by atoms with E-state index in [1.165, 1.54) is 0 Å². The standard InChI is InChI=1S/C23H27ClF3N3O/c1-29(14-22(30-8-4-5-9-30)17-6-2-3-7-18(17)24)23(31)12-16(28)10-15-11-20(26)21(27)13-19(15)25/h2-3,6-7,11,13,16,22H,4-5,8-10,12,14,28H2,1H3/t16-,22-/m1/s1. The summed E-state index contributed by atoms with van der Waals surface area (Å²) in [5.41, 5.74) is 6.95. The molecule has 0 aliphatic carbocycles. The third kappa shape index (κ3) is 5.99. The Labute approximate surface area is 185 Å². The van der Waals surface area contributed by atoms with Crippen molar-refractivity contribution in [2.75, 3.05) is 26.7 Å². The van der Waals surface area contributed by atoms with Crippen LogP contribution in [0.5, 0.6) is 0 Å². The summed E-state index contributed by atoms with van der Waals surface area (Å²) in [5, 5.41) is 0.658. The lowest BCUT2D eigenvalue weighted by molar-refractivity contribution is -0.131. The van der Waals surface area contributed by atoms with Crippen molar-refractivity contribution >= 4 is 17.5 Å². The van der Waals surface area contributed by atoms with E-state index in [1.807, 2.05) is 24.3 Å². The van der Waals surface area contributed by atoms with Gasteiger partial charge < -0.3 is 10.6 Å². The van der Waals surface area contributed by atoms with Crippen molar-refractivity contribution in [3.63, 3.8) is 0 Å². The fourth-order valence-corrected chi connectivity index (χ4v) is 4.29. The first-order valence-corrected chi connectivity index (χ1v) is 10.8. The Balaban J connectivity index is 1.65. The van der Waals surface area contributed by atoms with Crippen LogP contribution < -0.4 is 5.73 Å². The van der Waals surface area contributed by atoms with E-state index in [0.29, 0.717) is 17.6 Å². The molecular formula is C23H27ClF3N3O. The average Bonchev–Trinajstić information content (AvgIpc) is 3.25. The quantitative estimate of drug-likeness (QED) is 0.606. The second-order valence-corrected chi connectivity index (χ2v) is 8.49. The van der Waals surface area contributed by atoms with Gasteiger partial charge in [-0.25, -0.2) is 13.2 Å². The molecule has 168 valence electrons. The maximum absolute atomic E-state index is 13.9. The molecule has 1 aliphatic rings. The fourth-order valence-electron chi connectivity index (χ4n) is 4.03. The lowest BCUT2D eigenvalue weighted by Crippen LogP contribution is -2.40. The number of likely N-dealkylation sites (N-methyl/N-ethyl adjacent to an activating group) is 1. The zero-order valence-electron chi connectivity index (χ0n) is 17.5. The normalized spacial score (nSPS) is 16.3. The first kappa shape index (κ1) is 23.6. The van der Waals surface area contributed by atoms with Gasteiger partial charge in [-0.05, 0) is 55.6 Å². The van der Waals surface area contributed by atoms with Crippen LogP contribution in [0.1, 0.15) is 36.4 Å². The van der Waals surface area contributed by atoms with Crippen LogP contribution in [0.25, 0.3) is 0 Å².